The molecule has 2 nitrogen and oxygen atoms in total. The van der Waals surface area contributed by atoms with E-state index in [1.165, 1.54) is 25.7 Å². The maximum Gasteiger partial charge on any atom is 0.0697 e. The summed E-state index contributed by atoms with van der Waals surface area (Å²) in [4.78, 5) is 0. The van der Waals surface area contributed by atoms with Gasteiger partial charge in [-0.1, -0.05) is 12.8 Å². The normalized spacial score (nSPS) is 35.9. The van der Waals surface area contributed by atoms with E-state index in [4.69, 9.17) is 5.26 Å². The van der Waals surface area contributed by atoms with Crippen molar-refractivity contribution < 1.29 is 0 Å². The number of fused-ring (bicyclic) bond motifs is 1. The van der Waals surface area contributed by atoms with Crippen molar-refractivity contribution >= 4 is 0 Å². The number of nitrogens with one attached hydrogen (secondary N) is 1. The lowest BCUT2D eigenvalue weighted by atomic mass is 9.92. The maximum atomic E-state index is 8.91. The molecule has 0 amide bonds. The highest BCUT2D eigenvalue weighted by Crippen LogP contribution is 2.49. The first-order valence-corrected chi connectivity index (χ1v) is 5.77. The van der Waals surface area contributed by atoms with Crippen molar-refractivity contribution in [2.24, 2.45) is 17.3 Å². The molecule has 78 valence electrons. The summed E-state index contributed by atoms with van der Waals surface area (Å²) in [6.45, 7) is 4.86. The second-order valence-corrected chi connectivity index (χ2v) is 5.57. The molecule has 0 aromatic heterocycles. The Kier molecular flexibility index (Phi) is 2.53. The van der Waals surface area contributed by atoms with Crippen LogP contribution in [0.25, 0.3) is 0 Å². The Morgan fingerprint density at radius 3 is 2.93 bits per heavy atom. The number of rotatable bonds is 3. The number of nitrogens with zero attached hydrogens (tertiary/aromatic N) is 1. The molecule has 3 atom stereocenters. The van der Waals surface area contributed by atoms with Crippen molar-refractivity contribution in [3.05, 3.63) is 0 Å². The van der Waals surface area contributed by atoms with Gasteiger partial charge in [0, 0.05) is 12.6 Å². The Bertz CT molecular complexity index is 252. The summed E-state index contributed by atoms with van der Waals surface area (Å²) in [5, 5.41) is 12.5. The number of hydrogen-bond donors (Lipinski definition) is 1. The SMILES string of the molecule is CC(C)(C#N)CNC1CCCC2CC21. The van der Waals surface area contributed by atoms with E-state index in [1.54, 1.807) is 0 Å². The first-order chi connectivity index (χ1) is 6.62. The van der Waals surface area contributed by atoms with Crippen LogP contribution in [0.3, 0.4) is 0 Å². The number of hydrogen-bond acceptors (Lipinski definition) is 2. The molecule has 0 radical (unpaired) electrons. The quantitative estimate of drug-likeness (QED) is 0.745. The van der Waals surface area contributed by atoms with Crippen LogP contribution in [0, 0.1) is 28.6 Å². The summed E-state index contributed by atoms with van der Waals surface area (Å²) < 4.78 is 0. The summed E-state index contributed by atoms with van der Waals surface area (Å²) >= 11 is 0. The molecule has 3 unspecified atom stereocenters. The van der Waals surface area contributed by atoms with Crippen LogP contribution in [0.2, 0.25) is 0 Å². The lowest BCUT2D eigenvalue weighted by molar-refractivity contribution is 0.318. The minimum atomic E-state index is -0.207. The fourth-order valence-electron chi connectivity index (χ4n) is 2.59. The average Bonchev–Trinajstić information content (AvgIpc) is 2.94. The third-order valence-corrected chi connectivity index (χ3v) is 3.69. The summed E-state index contributed by atoms with van der Waals surface area (Å²) in [5.74, 6) is 1.96. The van der Waals surface area contributed by atoms with Gasteiger partial charge in [0.05, 0.1) is 11.5 Å². The van der Waals surface area contributed by atoms with Gasteiger partial charge in [-0.05, 0) is 38.5 Å². The monoisotopic (exact) mass is 192 g/mol. The van der Waals surface area contributed by atoms with Gasteiger partial charge in [-0.3, -0.25) is 0 Å². The summed E-state index contributed by atoms with van der Waals surface area (Å²) in [5.41, 5.74) is -0.207. The van der Waals surface area contributed by atoms with Crippen LogP contribution in [0.1, 0.15) is 39.5 Å². The molecule has 1 N–H and O–H groups in total. The first-order valence-electron chi connectivity index (χ1n) is 5.77. The first kappa shape index (κ1) is 9.98. The Morgan fingerprint density at radius 2 is 2.21 bits per heavy atom. The molecule has 0 aromatic carbocycles. The molecule has 14 heavy (non-hydrogen) atoms. The third kappa shape index (κ3) is 2.09. The van der Waals surface area contributed by atoms with Crippen molar-refractivity contribution in [1.82, 2.24) is 5.32 Å². The molecule has 0 aliphatic heterocycles. The molecule has 2 saturated carbocycles. The van der Waals surface area contributed by atoms with Crippen molar-refractivity contribution in [2.45, 2.75) is 45.6 Å². The summed E-state index contributed by atoms with van der Waals surface area (Å²) in [6.07, 6.45) is 5.59. The van der Waals surface area contributed by atoms with E-state index in [-0.39, 0.29) is 5.41 Å². The zero-order valence-corrected chi connectivity index (χ0v) is 9.21. The zero-order chi connectivity index (χ0) is 10.2. The summed E-state index contributed by atoms with van der Waals surface area (Å²) in [7, 11) is 0. The van der Waals surface area contributed by atoms with Crippen LogP contribution in [0.15, 0.2) is 0 Å². The van der Waals surface area contributed by atoms with Crippen molar-refractivity contribution in [1.29, 1.82) is 5.26 Å². The molecule has 0 spiro atoms. The van der Waals surface area contributed by atoms with Crippen LogP contribution in [0.4, 0.5) is 0 Å². The minimum Gasteiger partial charge on any atom is -0.312 e. The Balaban J connectivity index is 1.78. The lowest BCUT2D eigenvalue weighted by Crippen LogP contribution is -2.39. The minimum absolute atomic E-state index is 0.207. The van der Waals surface area contributed by atoms with Crippen LogP contribution >= 0.6 is 0 Å². The van der Waals surface area contributed by atoms with E-state index in [0.717, 1.165) is 18.4 Å². The second kappa shape index (κ2) is 3.55. The molecule has 2 aliphatic rings. The second-order valence-electron chi connectivity index (χ2n) is 5.57. The largest absolute Gasteiger partial charge is 0.312 e. The van der Waals surface area contributed by atoms with Gasteiger partial charge in [-0.2, -0.15) is 5.26 Å². The fraction of sp³-hybridized carbons (Fsp3) is 0.917. The Morgan fingerprint density at radius 1 is 1.43 bits per heavy atom. The highest BCUT2D eigenvalue weighted by Gasteiger charge is 2.45. The molecule has 0 aromatic rings. The van der Waals surface area contributed by atoms with E-state index in [9.17, 15) is 0 Å². The topological polar surface area (TPSA) is 35.8 Å². The molecular formula is C12H20N2. The van der Waals surface area contributed by atoms with Crippen molar-refractivity contribution in [3.63, 3.8) is 0 Å². The predicted octanol–water partition coefficient (Wildman–Crippen LogP) is 2.31. The van der Waals surface area contributed by atoms with E-state index in [0.29, 0.717) is 6.04 Å². The van der Waals surface area contributed by atoms with Gasteiger partial charge in [0.2, 0.25) is 0 Å². The van der Waals surface area contributed by atoms with Crippen molar-refractivity contribution in [2.75, 3.05) is 6.54 Å². The molecule has 0 bridgehead atoms. The van der Waals surface area contributed by atoms with Crippen LogP contribution in [-0.2, 0) is 0 Å². The van der Waals surface area contributed by atoms with E-state index >= 15 is 0 Å². The van der Waals surface area contributed by atoms with Gasteiger partial charge in [-0.25, -0.2) is 0 Å². The lowest BCUT2D eigenvalue weighted by Gasteiger charge is -2.26. The predicted molar refractivity (Wildman–Crippen MR) is 56.6 cm³/mol. The standard InChI is InChI=1S/C12H20N2/c1-12(2,7-13)8-14-11-5-3-4-9-6-10(9)11/h9-11,14H,3-6,8H2,1-2H3. The Labute approximate surface area is 86.7 Å². The fourth-order valence-corrected chi connectivity index (χ4v) is 2.59. The molecule has 0 saturated heterocycles. The summed E-state index contributed by atoms with van der Waals surface area (Å²) in [6, 6.07) is 3.06. The van der Waals surface area contributed by atoms with E-state index < -0.39 is 0 Å². The van der Waals surface area contributed by atoms with Crippen LogP contribution in [0.5, 0.6) is 0 Å². The molecule has 2 heteroatoms. The van der Waals surface area contributed by atoms with Gasteiger partial charge in [0.1, 0.15) is 0 Å². The van der Waals surface area contributed by atoms with Crippen LogP contribution < -0.4 is 5.32 Å². The van der Waals surface area contributed by atoms with Gasteiger partial charge in [-0.15, -0.1) is 0 Å². The molecule has 2 aliphatic carbocycles. The average molecular weight is 192 g/mol. The van der Waals surface area contributed by atoms with Gasteiger partial charge < -0.3 is 5.32 Å². The molecule has 2 fully saturated rings. The maximum absolute atomic E-state index is 8.91. The van der Waals surface area contributed by atoms with Crippen LogP contribution in [-0.4, -0.2) is 12.6 Å². The third-order valence-electron chi connectivity index (χ3n) is 3.69. The van der Waals surface area contributed by atoms with E-state index in [1.807, 2.05) is 13.8 Å². The van der Waals surface area contributed by atoms with Gasteiger partial charge in [0.15, 0.2) is 0 Å². The molecular weight excluding hydrogens is 172 g/mol. The molecule has 0 heterocycles. The van der Waals surface area contributed by atoms with Crippen molar-refractivity contribution in [3.8, 4) is 6.07 Å². The highest BCUT2D eigenvalue weighted by molar-refractivity contribution is 5.00. The number of nitriles is 1. The van der Waals surface area contributed by atoms with E-state index in [2.05, 4.69) is 11.4 Å². The van der Waals surface area contributed by atoms with Gasteiger partial charge >= 0.3 is 0 Å². The molecule has 2 rings (SSSR count). The van der Waals surface area contributed by atoms with Gasteiger partial charge in [0.25, 0.3) is 0 Å². The smallest absolute Gasteiger partial charge is 0.0697 e. The Hall–Kier alpha value is -0.550. The highest BCUT2D eigenvalue weighted by atomic mass is 14.9. The zero-order valence-electron chi connectivity index (χ0n) is 9.21.